The van der Waals surface area contributed by atoms with E-state index < -0.39 is 0 Å². The highest BCUT2D eigenvalue weighted by molar-refractivity contribution is 5.30. The predicted molar refractivity (Wildman–Crippen MR) is 79.3 cm³/mol. The van der Waals surface area contributed by atoms with Crippen LogP contribution in [0.2, 0.25) is 0 Å². The third kappa shape index (κ3) is 3.15. The first-order chi connectivity index (χ1) is 8.56. The van der Waals surface area contributed by atoms with E-state index in [1.165, 1.54) is 23.4 Å². The summed E-state index contributed by atoms with van der Waals surface area (Å²) in [6.07, 6.45) is 2.32. The van der Waals surface area contributed by atoms with Crippen LogP contribution < -0.4 is 16.0 Å². The van der Waals surface area contributed by atoms with Gasteiger partial charge in [0, 0.05) is 23.4 Å². The van der Waals surface area contributed by atoms with Crippen LogP contribution in [0.5, 0.6) is 0 Å². The minimum absolute atomic E-state index is 0.424. The summed E-state index contributed by atoms with van der Waals surface area (Å²) in [5.41, 5.74) is 3.99. The van der Waals surface area contributed by atoms with Gasteiger partial charge in [-0.25, -0.2) is 0 Å². The van der Waals surface area contributed by atoms with Gasteiger partial charge in [0.2, 0.25) is 0 Å². The molecule has 0 saturated carbocycles. The van der Waals surface area contributed by atoms with Gasteiger partial charge >= 0.3 is 0 Å². The average molecular weight is 251 g/mol. The summed E-state index contributed by atoms with van der Waals surface area (Å²) in [7, 11) is 4.04. The third-order valence-corrected chi connectivity index (χ3v) is 4.16. The zero-order valence-corrected chi connectivity index (χ0v) is 12.6. The van der Waals surface area contributed by atoms with Crippen molar-refractivity contribution in [3.05, 3.63) is 23.5 Å². The Balaban J connectivity index is 2.99. The van der Waals surface area contributed by atoms with Gasteiger partial charge in [-0.05, 0) is 58.8 Å². The van der Waals surface area contributed by atoms with Gasteiger partial charge in [0.05, 0.1) is 0 Å². The highest BCUT2D eigenvalue weighted by Gasteiger charge is 2.33. The Morgan fingerprint density at radius 2 is 2.00 bits per heavy atom. The summed E-state index contributed by atoms with van der Waals surface area (Å²) in [4.78, 5) is 0. The molecule has 0 radical (unpaired) electrons. The third-order valence-electron chi connectivity index (χ3n) is 4.16. The maximum Gasteiger partial charge on any atom is 0.0271 e. The summed E-state index contributed by atoms with van der Waals surface area (Å²) < 4.78 is 0. The largest absolute Gasteiger partial charge is 0.363 e. The van der Waals surface area contributed by atoms with Crippen LogP contribution in [0, 0.1) is 11.8 Å². The van der Waals surface area contributed by atoms with Crippen LogP contribution >= 0.6 is 0 Å². The molecular weight excluding hydrogens is 222 g/mol. The summed E-state index contributed by atoms with van der Waals surface area (Å²) in [6.45, 7) is 12.0. The predicted octanol–water partition coefficient (Wildman–Crippen LogP) is 2.24. The monoisotopic (exact) mass is 251 g/mol. The van der Waals surface area contributed by atoms with Gasteiger partial charge in [0.1, 0.15) is 0 Å². The van der Waals surface area contributed by atoms with Crippen molar-refractivity contribution < 1.29 is 0 Å². The first-order valence-corrected chi connectivity index (χ1v) is 7.05. The molecule has 0 aromatic carbocycles. The fourth-order valence-electron chi connectivity index (χ4n) is 3.12. The second-order valence-electron chi connectivity index (χ2n) is 5.25. The Morgan fingerprint density at radius 3 is 2.50 bits per heavy atom. The molecule has 0 aliphatic carbocycles. The Bertz CT molecular complexity index is 320. The number of hydrogen-bond donors (Lipinski definition) is 3. The van der Waals surface area contributed by atoms with Gasteiger partial charge in [0.25, 0.3) is 0 Å². The van der Waals surface area contributed by atoms with Gasteiger partial charge in [-0.3, -0.25) is 0 Å². The maximum absolute atomic E-state index is 4.22. The van der Waals surface area contributed by atoms with Crippen LogP contribution in [-0.2, 0) is 0 Å². The molecule has 3 atom stereocenters. The van der Waals surface area contributed by atoms with E-state index in [2.05, 4.69) is 43.3 Å². The van der Waals surface area contributed by atoms with E-state index in [1.54, 1.807) is 0 Å². The molecule has 0 aromatic heterocycles. The lowest BCUT2D eigenvalue weighted by Crippen LogP contribution is -2.40. The number of likely N-dealkylation sites (N-methyl/N-ethyl adjacent to an activating group) is 1. The molecule has 0 aromatic rings. The number of nitrogens with one attached hydrogen (secondary N) is 3. The Morgan fingerprint density at radius 1 is 1.33 bits per heavy atom. The number of hydrogen-bond acceptors (Lipinski definition) is 3. The van der Waals surface area contributed by atoms with Crippen molar-refractivity contribution in [3.8, 4) is 0 Å². The summed E-state index contributed by atoms with van der Waals surface area (Å²) in [5, 5.41) is 10.1. The highest BCUT2D eigenvalue weighted by atomic mass is 15.0. The molecule has 1 rings (SSSR count). The summed E-state index contributed by atoms with van der Waals surface area (Å²) >= 11 is 0. The average Bonchev–Trinajstić information content (AvgIpc) is 2.36. The Hall–Kier alpha value is -0.800. The van der Waals surface area contributed by atoms with Gasteiger partial charge in [0.15, 0.2) is 0 Å². The van der Waals surface area contributed by atoms with Crippen LogP contribution in [0.4, 0.5) is 0 Å². The Kier molecular flexibility index (Phi) is 5.89. The molecule has 0 bridgehead atoms. The van der Waals surface area contributed by atoms with Gasteiger partial charge in [-0.15, -0.1) is 0 Å². The molecular formula is C15H29N3. The van der Waals surface area contributed by atoms with Crippen LogP contribution in [0.25, 0.3) is 0 Å². The van der Waals surface area contributed by atoms with Gasteiger partial charge < -0.3 is 16.0 Å². The second-order valence-corrected chi connectivity index (χ2v) is 5.25. The molecule has 1 heterocycles. The Labute approximate surface area is 112 Å². The van der Waals surface area contributed by atoms with Crippen molar-refractivity contribution in [1.82, 2.24) is 16.0 Å². The number of rotatable bonds is 6. The molecule has 3 nitrogen and oxygen atoms in total. The van der Waals surface area contributed by atoms with Crippen molar-refractivity contribution in [2.75, 3.05) is 20.6 Å². The lowest BCUT2D eigenvalue weighted by molar-refractivity contribution is 0.338. The van der Waals surface area contributed by atoms with Crippen molar-refractivity contribution in [2.45, 2.75) is 39.7 Å². The van der Waals surface area contributed by atoms with Crippen LogP contribution in [0.15, 0.2) is 23.5 Å². The molecule has 1 unspecified atom stereocenters. The fraction of sp³-hybridized carbons (Fsp3) is 0.733. The normalized spacial score (nSPS) is 26.2. The van der Waals surface area contributed by atoms with Crippen molar-refractivity contribution in [2.24, 2.45) is 11.8 Å². The topological polar surface area (TPSA) is 36.1 Å². The van der Waals surface area contributed by atoms with E-state index in [0.29, 0.717) is 17.9 Å². The van der Waals surface area contributed by atoms with E-state index in [0.717, 1.165) is 13.0 Å². The second kappa shape index (κ2) is 6.95. The maximum atomic E-state index is 4.22. The molecule has 18 heavy (non-hydrogen) atoms. The van der Waals surface area contributed by atoms with Crippen LogP contribution in [-0.4, -0.2) is 26.7 Å². The van der Waals surface area contributed by atoms with Crippen molar-refractivity contribution >= 4 is 0 Å². The molecule has 0 amide bonds. The molecule has 104 valence electrons. The first-order valence-electron chi connectivity index (χ1n) is 7.05. The smallest absolute Gasteiger partial charge is 0.0271 e. The SMILES string of the molecule is C=C1NC(C)=C(C(C)NC)[C@@H](CC)[C@H]1CCNC. The quantitative estimate of drug-likeness (QED) is 0.677. The highest BCUT2D eigenvalue weighted by Crippen LogP contribution is 2.37. The fourth-order valence-corrected chi connectivity index (χ4v) is 3.12. The van der Waals surface area contributed by atoms with Crippen LogP contribution in [0.3, 0.4) is 0 Å². The van der Waals surface area contributed by atoms with Gasteiger partial charge in [-0.1, -0.05) is 13.5 Å². The minimum atomic E-state index is 0.424. The van der Waals surface area contributed by atoms with Gasteiger partial charge in [-0.2, -0.15) is 0 Å². The van der Waals surface area contributed by atoms with E-state index in [-0.39, 0.29) is 0 Å². The summed E-state index contributed by atoms with van der Waals surface area (Å²) in [6, 6.07) is 0.424. The van der Waals surface area contributed by atoms with Crippen molar-refractivity contribution in [1.29, 1.82) is 0 Å². The minimum Gasteiger partial charge on any atom is -0.363 e. The van der Waals surface area contributed by atoms with E-state index >= 15 is 0 Å². The zero-order valence-electron chi connectivity index (χ0n) is 12.6. The van der Waals surface area contributed by atoms with E-state index in [1.807, 2.05) is 14.1 Å². The molecule has 0 saturated heterocycles. The lowest BCUT2D eigenvalue weighted by atomic mass is 9.74. The molecule has 1 aliphatic heterocycles. The summed E-state index contributed by atoms with van der Waals surface area (Å²) in [5.74, 6) is 1.14. The lowest BCUT2D eigenvalue weighted by Gasteiger charge is -2.39. The molecule has 0 fully saturated rings. The zero-order chi connectivity index (χ0) is 13.7. The number of allylic oxidation sites excluding steroid dienone is 2. The standard InChI is InChI=1S/C15H29N3/c1-7-13-14(8-9-16-5)10(2)18-12(4)15(13)11(3)17-6/h11,13-14,16-18H,2,7-9H2,1,3-6H3/t11?,13-,14-/m0/s1. The molecule has 0 spiro atoms. The van der Waals surface area contributed by atoms with E-state index in [9.17, 15) is 0 Å². The van der Waals surface area contributed by atoms with Crippen LogP contribution in [0.1, 0.15) is 33.6 Å². The van der Waals surface area contributed by atoms with E-state index in [4.69, 9.17) is 0 Å². The molecule has 1 aliphatic rings. The molecule has 3 heteroatoms. The first kappa shape index (κ1) is 15.3. The van der Waals surface area contributed by atoms with Crippen molar-refractivity contribution in [3.63, 3.8) is 0 Å². The molecule has 3 N–H and O–H groups in total.